The first-order valence-electron chi connectivity index (χ1n) is 13.1. The second-order valence-electron chi connectivity index (χ2n) is 9.69. The number of carbonyl (C=O) groups is 4. The van der Waals surface area contributed by atoms with E-state index in [1.807, 2.05) is 24.3 Å². The van der Waals surface area contributed by atoms with Crippen LogP contribution in [0.2, 0.25) is 0 Å². The normalized spacial score (nSPS) is 11.9. The number of ether oxygens (including phenoxy) is 3. The molecule has 0 saturated heterocycles. The van der Waals surface area contributed by atoms with Crippen molar-refractivity contribution in [2.75, 3.05) is 20.8 Å². The van der Waals surface area contributed by atoms with Crippen LogP contribution in [0.1, 0.15) is 64.6 Å². The zero-order chi connectivity index (χ0) is 29.7. The van der Waals surface area contributed by atoms with Crippen molar-refractivity contribution in [3.63, 3.8) is 0 Å². The minimum Gasteiger partial charge on any atom is -0.495 e. The van der Waals surface area contributed by atoms with E-state index in [1.165, 1.54) is 29.6 Å². The molecule has 1 atom stereocenters. The fourth-order valence-corrected chi connectivity index (χ4v) is 6.25. The van der Waals surface area contributed by atoms with E-state index in [9.17, 15) is 19.2 Å². The van der Waals surface area contributed by atoms with E-state index in [0.717, 1.165) is 20.5 Å². The fraction of sp³-hybridized carbons (Fsp3) is 0.367. The lowest BCUT2D eigenvalue weighted by molar-refractivity contribution is -0.137. The number of carboxylic acid groups (broad SMARTS) is 1. The smallest absolute Gasteiger partial charge is 0.303 e. The number of carbonyl (C=O) groups excluding carboxylic acids is 3. The van der Waals surface area contributed by atoms with E-state index in [-0.39, 0.29) is 42.5 Å². The van der Waals surface area contributed by atoms with Gasteiger partial charge < -0.3 is 19.3 Å². The van der Waals surface area contributed by atoms with Gasteiger partial charge in [0.25, 0.3) is 0 Å². The Labute approximate surface area is 245 Å². The summed E-state index contributed by atoms with van der Waals surface area (Å²) in [6.45, 7) is 3.63. The van der Waals surface area contributed by atoms with Crippen LogP contribution in [-0.2, 0) is 16.0 Å². The van der Waals surface area contributed by atoms with Gasteiger partial charge in [0, 0.05) is 35.6 Å². The molecular weight excluding hydrogens is 566 g/mol. The molecule has 9 nitrogen and oxygen atoms in total. The zero-order valence-electron chi connectivity index (χ0n) is 23.3. The summed E-state index contributed by atoms with van der Waals surface area (Å²) in [6.07, 6.45) is 1.10. The van der Waals surface area contributed by atoms with Gasteiger partial charge in [0.1, 0.15) is 11.5 Å². The SMILES string of the molecule is COc1cc2sc(C(=O)C[C@H](C)C(C)=O)cc2cc1OCCCc1nc2cc(C(=O)CCC(=O)O)sc2cc1OC. The first-order chi connectivity index (χ1) is 19.6. The van der Waals surface area contributed by atoms with Gasteiger partial charge in [0.05, 0.1) is 52.9 Å². The number of Topliss-reactive ketones (excluding diaryl/α,β-unsaturated/α-hetero) is 3. The number of pyridine rings is 1. The van der Waals surface area contributed by atoms with Crippen LogP contribution in [0, 0.1) is 5.92 Å². The molecule has 0 aliphatic rings. The molecule has 0 bridgehead atoms. The molecule has 0 amide bonds. The number of fused-ring (bicyclic) bond motifs is 2. The molecule has 3 heterocycles. The lowest BCUT2D eigenvalue weighted by atomic mass is 10.0. The number of hydrogen-bond acceptors (Lipinski definition) is 10. The topological polar surface area (TPSA) is 129 Å². The zero-order valence-corrected chi connectivity index (χ0v) is 24.9. The maximum atomic E-state index is 12.7. The van der Waals surface area contributed by atoms with Crippen LogP contribution >= 0.6 is 22.7 Å². The number of aromatic nitrogens is 1. The number of thiophene rings is 2. The maximum Gasteiger partial charge on any atom is 0.303 e. The van der Waals surface area contributed by atoms with Crippen molar-refractivity contribution in [3.05, 3.63) is 45.8 Å². The lowest BCUT2D eigenvalue weighted by Crippen LogP contribution is -2.11. The van der Waals surface area contributed by atoms with Crippen molar-refractivity contribution in [2.24, 2.45) is 5.92 Å². The van der Waals surface area contributed by atoms with Gasteiger partial charge in [0.2, 0.25) is 0 Å². The highest BCUT2D eigenvalue weighted by Crippen LogP contribution is 2.37. The van der Waals surface area contributed by atoms with E-state index in [1.54, 1.807) is 27.2 Å². The summed E-state index contributed by atoms with van der Waals surface area (Å²) < 4.78 is 18.8. The Kier molecular flexibility index (Phi) is 9.72. The molecule has 0 fully saturated rings. The number of aryl methyl sites for hydroxylation is 1. The van der Waals surface area contributed by atoms with Gasteiger partial charge in [-0.1, -0.05) is 6.92 Å². The second kappa shape index (κ2) is 13.2. The van der Waals surface area contributed by atoms with Crippen LogP contribution in [-0.4, -0.2) is 54.2 Å². The van der Waals surface area contributed by atoms with Gasteiger partial charge in [-0.3, -0.25) is 19.2 Å². The number of hydrogen-bond donors (Lipinski definition) is 1. The molecule has 0 spiro atoms. The second-order valence-corrected chi connectivity index (χ2v) is 11.9. The number of carboxylic acids is 1. The third-order valence-corrected chi connectivity index (χ3v) is 8.93. The Bertz CT molecular complexity index is 1620. The Balaban J connectivity index is 1.43. The van der Waals surface area contributed by atoms with Crippen LogP contribution in [0.4, 0.5) is 0 Å². The molecule has 0 aliphatic heterocycles. The van der Waals surface area contributed by atoms with E-state index in [4.69, 9.17) is 24.3 Å². The summed E-state index contributed by atoms with van der Waals surface area (Å²) in [4.78, 5) is 53.2. The summed E-state index contributed by atoms with van der Waals surface area (Å²) in [5.41, 5.74) is 1.40. The maximum absolute atomic E-state index is 12.7. The molecule has 0 aliphatic carbocycles. The van der Waals surface area contributed by atoms with Gasteiger partial charge in [-0.2, -0.15) is 0 Å². The van der Waals surface area contributed by atoms with E-state index >= 15 is 0 Å². The van der Waals surface area contributed by atoms with Crippen molar-refractivity contribution < 1.29 is 38.5 Å². The number of aliphatic carboxylic acids is 1. The van der Waals surface area contributed by atoms with Crippen molar-refractivity contribution in [3.8, 4) is 17.2 Å². The van der Waals surface area contributed by atoms with Gasteiger partial charge in [-0.25, -0.2) is 4.98 Å². The molecule has 1 N–H and O–H groups in total. The van der Waals surface area contributed by atoms with Crippen LogP contribution in [0.15, 0.2) is 30.3 Å². The average Bonchev–Trinajstić information content (AvgIpc) is 3.56. The molecule has 0 saturated carbocycles. The van der Waals surface area contributed by atoms with Crippen LogP contribution < -0.4 is 14.2 Å². The first kappa shape index (κ1) is 30.1. The van der Waals surface area contributed by atoms with Crippen molar-refractivity contribution in [2.45, 2.75) is 46.0 Å². The molecule has 11 heteroatoms. The third-order valence-electron chi connectivity index (χ3n) is 6.68. The van der Waals surface area contributed by atoms with Crippen LogP contribution in [0.3, 0.4) is 0 Å². The highest BCUT2D eigenvalue weighted by Gasteiger charge is 2.19. The highest BCUT2D eigenvalue weighted by atomic mass is 32.1. The molecule has 41 heavy (non-hydrogen) atoms. The number of ketones is 3. The molecule has 216 valence electrons. The van der Waals surface area contributed by atoms with E-state index in [0.29, 0.717) is 52.0 Å². The number of rotatable bonds is 15. The summed E-state index contributed by atoms with van der Waals surface area (Å²) in [6, 6.07) is 9.08. The van der Waals surface area contributed by atoms with Gasteiger partial charge in [-0.15, -0.1) is 22.7 Å². The van der Waals surface area contributed by atoms with E-state index in [2.05, 4.69) is 0 Å². The monoisotopic (exact) mass is 597 g/mol. The fourth-order valence-electron chi connectivity index (χ4n) is 4.23. The Morgan fingerprint density at radius 2 is 1.56 bits per heavy atom. The Morgan fingerprint density at radius 1 is 0.878 bits per heavy atom. The van der Waals surface area contributed by atoms with Gasteiger partial charge >= 0.3 is 5.97 Å². The highest BCUT2D eigenvalue weighted by molar-refractivity contribution is 7.21. The largest absolute Gasteiger partial charge is 0.495 e. The Hall–Kier alpha value is -3.83. The van der Waals surface area contributed by atoms with Gasteiger partial charge in [-0.05, 0) is 43.4 Å². The minimum atomic E-state index is -1.01. The summed E-state index contributed by atoms with van der Waals surface area (Å²) in [5, 5.41) is 9.72. The third kappa shape index (κ3) is 7.28. The molecule has 4 rings (SSSR count). The Morgan fingerprint density at radius 3 is 2.24 bits per heavy atom. The molecule has 0 unspecified atom stereocenters. The number of methoxy groups -OCH3 is 2. The molecule has 4 aromatic rings. The quantitative estimate of drug-likeness (QED) is 0.122. The summed E-state index contributed by atoms with van der Waals surface area (Å²) in [5.74, 6) is 0.122. The first-order valence-corrected chi connectivity index (χ1v) is 14.7. The standard InChI is InChI=1S/C30H31NO8S2/c1-16(17(2)32)10-22(34)28-12-18-11-25(24(38-4)15-26(18)40-28)39-9-5-6-19-23(37-3)14-27-20(31-19)13-29(41-27)21(33)7-8-30(35)36/h11-16H,5-10H2,1-4H3,(H,35,36)/t16-/m0/s1. The van der Waals surface area contributed by atoms with E-state index < -0.39 is 5.97 Å². The van der Waals surface area contributed by atoms with Crippen LogP contribution in [0.5, 0.6) is 17.2 Å². The summed E-state index contributed by atoms with van der Waals surface area (Å²) in [7, 11) is 3.13. The summed E-state index contributed by atoms with van der Waals surface area (Å²) >= 11 is 2.64. The number of benzene rings is 1. The van der Waals surface area contributed by atoms with Crippen LogP contribution in [0.25, 0.3) is 20.3 Å². The molecule has 0 radical (unpaired) electrons. The van der Waals surface area contributed by atoms with Gasteiger partial charge in [0.15, 0.2) is 23.1 Å². The minimum absolute atomic E-state index is 0.00675. The van der Waals surface area contributed by atoms with Crippen molar-refractivity contribution >= 4 is 66.3 Å². The molecular formula is C30H31NO8S2. The molecule has 3 aromatic heterocycles. The lowest BCUT2D eigenvalue weighted by Gasteiger charge is -2.12. The number of nitrogens with zero attached hydrogens (tertiary/aromatic N) is 1. The predicted octanol–water partition coefficient (Wildman–Crippen LogP) is 6.39. The molecule has 1 aromatic carbocycles. The van der Waals surface area contributed by atoms with Crippen molar-refractivity contribution in [1.29, 1.82) is 0 Å². The van der Waals surface area contributed by atoms with Crippen molar-refractivity contribution in [1.82, 2.24) is 4.98 Å². The predicted molar refractivity (Wildman–Crippen MR) is 158 cm³/mol. The average molecular weight is 598 g/mol.